The molecule has 4 N–H and O–H groups in total. The van der Waals surface area contributed by atoms with E-state index in [1.807, 2.05) is 0 Å². The lowest BCUT2D eigenvalue weighted by Crippen LogP contribution is -2.60. The van der Waals surface area contributed by atoms with E-state index in [9.17, 15) is 8.78 Å². The minimum absolute atomic E-state index is 1.89. The van der Waals surface area contributed by atoms with Crippen LogP contribution in [0.1, 0.15) is 0 Å². The van der Waals surface area contributed by atoms with Gasteiger partial charge in [0.25, 0.3) is 0 Å². The molecule has 72 valence electrons. The predicted molar refractivity (Wildman–Crippen MR) is 33.8 cm³/mol. The van der Waals surface area contributed by atoms with Gasteiger partial charge in [0, 0.05) is 0 Å². The lowest BCUT2D eigenvalue weighted by atomic mass is 9.87. The molecule has 4 nitrogen and oxygen atoms in total. The van der Waals surface area contributed by atoms with Crippen LogP contribution < -0.4 is 0 Å². The van der Waals surface area contributed by atoms with Crippen molar-refractivity contribution in [1.29, 1.82) is 0 Å². The van der Waals surface area contributed by atoms with Crippen molar-refractivity contribution in [3.63, 3.8) is 0 Å². The molecule has 1 aliphatic carbocycles. The van der Waals surface area contributed by atoms with Crippen molar-refractivity contribution in [2.75, 3.05) is 0 Å². The monoisotopic (exact) mass is 184 g/mol. The van der Waals surface area contributed by atoms with Gasteiger partial charge in [0.15, 0.2) is 12.3 Å². The van der Waals surface area contributed by atoms with E-state index in [-0.39, 0.29) is 0 Å². The molecule has 12 heavy (non-hydrogen) atoms. The Hall–Kier alpha value is -0.300. The van der Waals surface area contributed by atoms with Gasteiger partial charge in [-0.2, -0.15) is 0 Å². The van der Waals surface area contributed by atoms with E-state index < -0.39 is 36.8 Å². The number of aliphatic hydroxyl groups is 4. The second-order valence-corrected chi connectivity index (χ2v) is 2.85. The van der Waals surface area contributed by atoms with Crippen LogP contribution in [-0.2, 0) is 0 Å². The zero-order valence-electron chi connectivity index (χ0n) is 6.01. The number of hydrogen-bond acceptors (Lipinski definition) is 4. The number of rotatable bonds is 0. The Kier molecular flexibility index (Phi) is 2.62. The van der Waals surface area contributed by atoms with Crippen LogP contribution in [-0.4, -0.2) is 57.2 Å². The van der Waals surface area contributed by atoms with Crippen LogP contribution in [0.25, 0.3) is 0 Å². The number of hydrogen-bond donors (Lipinski definition) is 4. The lowest BCUT2D eigenvalue weighted by Gasteiger charge is -2.36. The maximum atomic E-state index is 12.6. The molecule has 6 heteroatoms. The van der Waals surface area contributed by atoms with Crippen LogP contribution in [0.3, 0.4) is 0 Å². The molecule has 0 heterocycles. The van der Waals surface area contributed by atoms with Gasteiger partial charge in [-0.15, -0.1) is 0 Å². The van der Waals surface area contributed by atoms with E-state index in [0.717, 1.165) is 0 Å². The minimum Gasteiger partial charge on any atom is -0.387 e. The highest BCUT2D eigenvalue weighted by Crippen LogP contribution is 2.25. The summed E-state index contributed by atoms with van der Waals surface area (Å²) in [7, 11) is 0. The van der Waals surface area contributed by atoms with E-state index >= 15 is 0 Å². The highest BCUT2D eigenvalue weighted by atomic mass is 19.1. The Balaban J connectivity index is 2.76. The zero-order chi connectivity index (χ0) is 9.46. The van der Waals surface area contributed by atoms with Gasteiger partial charge >= 0.3 is 0 Å². The minimum atomic E-state index is -2.27. The molecule has 0 amide bonds. The van der Waals surface area contributed by atoms with E-state index in [1.165, 1.54) is 0 Å². The zero-order valence-corrected chi connectivity index (χ0v) is 6.01. The molecule has 4 atom stereocenters. The fourth-order valence-electron chi connectivity index (χ4n) is 1.16. The normalized spacial score (nSPS) is 55.5. The fraction of sp³-hybridized carbons (Fsp3) is 1.00. The molecule has 0 radical (unpaired) electrons. The van der Waals surface area contributed by atoms with Crippen molar-refractivity contribution < 1.29 is 29.2 Å². The third kappa shape index (κ3) is 1.31. The first-order chi connectivity index (χ1) is 5.46. The van der Waals surface area contributed by atoms with Crippen molar-refractivity contribution in [3.8, 4) is 0 Å². The van der Waals surface area contributed by atoms with E-state index in [2.05, 4.69) is 0 Å². The molecule has 2 unspecified atom stereocenters. The quantitative estimate of drug-likeness (QED) is 0.355. The van der Waals surface area contributed by atoms with Crippen LogP contribution in [0.15, 0.2) is 0 Å². The molecule has 0 aromatic heterocycles. The molecular formula is C6H10F2O4. The summed E-state index contributed by atoms with van der Waals surface area (Å²) in [6.07, 6.45) is -12.4. The van der Waals surface area contributed by atoms with Crippen molar-refractivity contribution in [2.24, 2.45) is 0 Å². The van der Waals surface area contributed by atoms with E-state index in [0.29, 0.717) is 0 Å². The second kappa shape index (κ2) is 3.21. The van der Waals surface area contributed by atoms with Crippen molar-refractivity contribution >= 4 is 0 Å². The Labute approximate surface area is 67.1 Å². The molecule has 1 fully saturated rings. The predicted octanol–water partition coefficient (Wildman–Crippen LogP) is -1.88. The number of aliphatic hydroxyl groups excluding tert-OH is 4. The third-order valence-electron chi connectivity index (χ3n) is 2.00. The summed E-state index contributed by atoms with van der Waals surface area (Å²) in [5, 5.41) is 35.1. The SMILES string of the molecule is OC1C(F)[C@H](O)C(O)[C@@H](O)C1F. The summed E-state index contributed by atoms with van der Waals surface area (Å²) in [4.78, 5) is 0. The van der Waals surface area contributed by atoms with Gasteiger partial charge < -0.3 is 20.4 Å². The molecular weight excluding hydrogens is 174 g/mol. The van der Waals surface area contributed by atoms with Crippen LogP contribution in [0.2, 0.25) is 0 Å². The summed E-state index contributed by atoms with van der Waals surface area (Å²) in [5.74, 6) is 0. The summed E-state index contributed by atoms with van der Waals surface area (Å²) < 4.78 is 25.3. The summed E-state index contributed by atoms with van der Waals surface area (Å²) in [6.45, 7) is 0. The van der Waals surface area contributed by atoms with E-state index in [1.54, 1.807) is 0 Å². The molecule has 1 rings (SSSR count). The smallest absolute Gasteiger partial charge is 0.157 e. The van der Waals surface area contributed by atoms with Crippen molar-refractivity contribution in [2.45, 2.75) is 36.8 Å². The van der Waals surface area contributed by atoms with Gasteiger partial charge in [-0.1, -0.05) is 0 Å². The first-order valence-electron chi connectivity index (χ1n) is 3.47. The second-order valence-electron chi connectivity index (χ2n) is 2.85. The molecule has 0 spiro atoms. The van der Waals surface area contributed by atoms with Gasteiger partial charge in [0.1, 0.15) is 24.4 Å². The third-order valence-corrected chi connectivity index (χ3v) is 2.00. The van der Waals surface area contributed by atoms with Gasteiger partial charge in [-0.05, 0) is 0 Å². The van der Waals surface area contributed by atoms with Crippen LogP contribution in [0.5, 0.6) is 0 Å². The molecule has 0 aliphatic heterocycles. The molecule has 1 aliphatic rings. The van der Waals surface area contributed by atoms with Gasteiger partial charge in [0.2, 0.25) is 0 Å². The highest BCUT2D eigenvalue weighted by Gasteiger charge is 2.49. The van der Waals surface area contributed by atoms with Crippen molar-refractivity contribution in [1.82, 2.24) is 0 Å². The summed E-state index contributed by atoms with van der Waals surface area (Å²) >= 11 is 0. The standard InChI is InChI=1S/C6H10F2O4/c7-1-3(9)2(8)5(11)6(12)4(1)10/h1-6,9-12H/t1?,2?,3?,4-,5-,6?/m0/s1. The Morgan fingerprint density at radius 3 is 1.25 bits per heavy atom. The highest BCUT2D eigenvalue weighted by molar-refractivity contribution is 4.98. The van der Waals surface area contributed by atoms with Crippen LogP contribution in [0, 0.1) is 0 Å². The molecule has 0 saturated heterocycles. The summed E-state index contributed by atoms with van der Waals surface area (Å²) in [5.41, 5.74) is 0. The molecule has 0 aromatic carbocycles. The Bertz CT molecular complexity index is 109. The van der Waals surface area contributed by atoms with Gasteiger partial charge in [-0.25, -0.2) is 8.78 Å². The summed E-state index contributed by atoms with van der Waals surface area (Å²) in [6, 6.07) is 0. The number of halogens is 2. The van der Waals surface area contributed by atoms with Crippen LogP contribution >= 0.6 is 0 Å². The molecule has 0 bridgehead atoms. The van der Waals surface area contributed by atoms with Gasteiger partial charge in [0.05, 0.1) is 0 Å². The van der Waals surface area contributed by atoms with E-state index in [4.69, 9.17) is 20.4 Å². The first kappa shape index (κ1) is 9.79. The van der Waals surface area contributed by atoms with Crippen LogP contribution in [0.4, 0.5) is 8.78 Å². The fourth-order valence-corrected chi connectivity index (χ4v) is 1.16. The Morgan fingerprint density at radius 2 is 0.917 bits per heavy atom. The molecule has 0 aromatic rings. The van der Waals surface area contributed by atoms with Gasteiger partial charge in [-0.3, -0.25) is 0 Å². The van der Waals surface area contributed by atoms with Crippen molar-refractivity contribution in [3.05, 3.63) is 0 Å². The topological polar surface area (TPSA) is 80.9 Å². The maximum Gasteiger partial charge on any atom is 0.157 e. The average Bonchev–Trinajstić information content (AvgIpc) is 2.08. The number of alkyl halides is 2. The maximum absolute atomic E-state index is 12.6. The largest absolute Gasteiger partial charge is 0.387 e. The Morgan fingerprint density at radius 1 is 0.583 bits per heavy atom. The lowest BCUT2D eigenvalue weighted by molar-refractivity contribution is -0.188. The average molecular weight is 184 g/mol. The molecule has 1 saturated carbocycles. The first-order valence-corrected chi connectivity index (χ1v) is 3.47.